The predicted molar refractivity (Wildman–Crippen MR) is 42.3 cm³/mol. The number of hydrogen-bond donors (Lipinski definition) is 2. The van der Waals surface area contributed by atoms with Gasteiger partial charge in [-0.15, -0.1) is 0 Å². The molecular formula is C7H18N2O. The molecule has 0 aliphatic carbocycles. The van der Waals surface area contributed by atoms with Gasteiger partial charge >= 0.3 is 0 Å². The summed E-state index contributed by atoms with van der Waals surface area (Å²) in [4.78, 5) is 1.85. The van der Waals surface area contributed by atoms with Gasteiger partial charge < -0.3 is 10.8 Å². The largest absolute Gasteiger partial charge is 0.378 e. The van der Waals surface area contributed by atoms with Gasteiger partial charge in [0.15, 0.2) is 0 Å². The maximum atomic E-state index is 9.33. The molecule has 10 heavy (non-hydrogen) atoms. The summed E-state index contributed by atoms with van der Waals surface area (Å²) < 4.78 is 0. The van der Waals surface area contributed by atoms with Crippen LogP contribution in [0.4, 0.5) is 0 Å². The molecule has 0 aromatic heterocycles. The lowest BCUT2D eigenvalue weighted by atomic mass is 10.3. The predicted octanol–water partition coefficient (Wildman–Crippen LogP) is 0.341. The molecule has 62 valence electrons. The maximum Gasteiger partial charge on any atom is 0.108 e. The minimum atomic E-state index is -0.384. The van der Waals surface area contributed by atoms with Gasteiger partial charge in [-0.05, 0) is 19.9 Å². The van der Waals surface area contributed by atoms with E-state index in [1.165, 1.54) is 0 Å². The van der Waals surface area contributed by atoms with Crippen LogP contribution in [0.1, 0.15) is 27.2 Å². The molecule has 0 spiro atoms. The fourth-order valence-electron chi connectivity index (χ4n) is 1.00. The first-order chi connectivity index (χ1) is 4.63. The number of aliphatic hydroxyl groups excluding tert-OH is 1. The van der Waals surface area contributed by atoms with Crippen molar-refractivity contribution in [1.82, 2.24) is 4.90 Å². The molecule has 0 heterocycles. The summed E-state index contributed by atoms with van der Waals surface area (Å²) in [5.74, 6) is 0. The minimum Gasteiger partial charge on any atom is -0.378 e. The number of nitrogens with two attached hydrogens (primary N) is 1. The molecule has 2 atom stereocenters. The number of nitrogens with zero attached hydrogens (tertiary/aromatic N) is 1. The Kier molecular flexibility index (Phi) is 4.60. The van der Waals surface area contributed by atoms with E-state index in [4.69, 9.17) is 5.73 Å². The fourth-order valence-corrected chi connectivity index (χ4v) is 1.00. The van der Waals surface area contributed by atoms with E-state index in [0.717, 1.165) is 13.0 Å². The topological polar surface area (TPSA) is 49.5 Å². The monoisotopic (exact) mass is 146 g/mol. The number of hydrogen-bond acceptors (Lipinski definition) is 3. The fraction of sp³-hybridized carbons (Fsp3) is 1.00. The molecule has 3 nitrogen and oxygen atoms in total. The Balaban J connectivity index is 3.80. The lowest BCUT2D eigenvalue weighted by molar-refractivity contribution is -0.0178. The molecule has 0 fully saturated rings. The van der Waals surface area contributed by atoms with Crippen molar-refractivity contribution in [2.45, 2.75) is 39.6 Å². The molecule has 0 amide bonds. The first-order valence-electron chi connectivity index (χ1n) is 3.82. The van der Waals surface area contributed by atoms with Gasteiger partial charge in [-0.1, -0.05) is 13.8 Å². The zero-order valence-electron chi connectivity index (χ0n) is 7.04. The Bertz CT molecular complexity index is 85.7. The second kappa shape index (κ2) is 4.66. The standard InChI is InChI=1S/C7H18N2O/c1-4-7(10)9(5-2)6(3)8/h6-7,10H,4-5,8H2,1-3H3. The van der Waals surface area contributed by atoms with Crippen LogP contribution in [0.3, 0.4) is 0 Å². The smallest absolute Gasteiger partial charge is 0.108 e. The van der Waals surface area contributed by atoms with Crippen LogP contribution in [0, 0.1) is 0 Å². The average Bonchev–Trinajstić information content (AvgIpc) is 1.88. The summed E-state index contributed by atoms with van der Waals surface area (Å²) in [6, 6.07) is 0. The molecule has 0 aromatic carbocycles. The Hall–Kier alpha value is -0.120. The Morgan fingerprint density at radius 3 is 2.10 bits per heavy atom. The van der Waals surface area contributed by atoms with E-state index in [9.17, 15) is 5.11 Å². The Morgan fingerprint density at radius 1 is 1.50 bits per heavy atom. The third kappa shape index (κ3) is 2.64. The zero-order chi connectivity index (χ0) is 8.15. The quantitative estimate of drug-likeness (QED) is 0.562. The molecule has 0 aromatic rings. The molecular weight excluding hydrogens is 128 g/mol. The molecule has 0 saturated heterocycles. The van der Waals surface area contributed by atoms with Gasteiger partial charge in [-0.3, -0.25) is 4.90 Å². The highest BCUT2D eigenvalue weighted by atomic mass is 16.3. The van der Waals surface area contributed by atoms with Crippen LogP contribution in [0.15, 0.2) is 0 Å². The van der Waals surface area contributed by atoms with Gasteiger partial charge in [-0.2, -0.15) is 0 Å². The molecule has 3 heteroatoms. The summed E-state index contributed by atoms with van der Waals surface area (Å²) in [5, 5.41) is 9.33. The van der Waals surface area contributed by atoms with E-state index in [2.05, 4.69) is 0 Å². The van der Waals surface area contributed by atoms with Crippen molar-refractivity contribution < 1.29 is 5.11 Å². The van der Waals surface area contributed by atoms with Crippen molar-refractivity contribution in [3.8, 4) is 0 Å². The molecule has 0 saturated carbocycles. The van der Waals surface area contributed by atoms with Crippen molar-refractivity contribution in [3.05, 3.63) is 0 Å². The summed E-state index contributed by atoms with van der Waals surface area (Å²) in [5.41, 5.74) is 5.59. The van der Waals surface area contributed by atoms with Crippen molar-refractivity contribution in [1.29, 1.82) is 0 Å². The molecule has 3 N–H and O–H groups in total. The first kappa shape index (κ1) is 9.88. The summed E-state index contributed by atoms with van der Waals surface area (Å²) >= 11 is 0. The van der Waals surface area contributed by atoms with Crippen LogP contribution in [0.2, 0.25) is 0 Å². The van der Waals surface area contributed by atoms with E-state index in [1.54, 1.807) is 0 Å². The van der Waals surface area contributed by atoms with Crippen LogP contribution in [0.25, 0.3) is 0 Å². The van der Waals surface area contributed by atoms with Gasteiger partial charge in [0.1, 0.15) is 6.23 Å². The zero-order valence-corrected chi connectivity index (χ0v) is 7.04. The van der Waals surface area contributed by atoms with Gasteiger partial charge in [0, 0.05) is 0 Å². The maximum absolute atomic E-state index is 9.33. The van der Waals surface area contributed by atoms with Crippen LogP contribution in [0.5, 0.6) is 0 Å². The summed E-state index contributed by atoms with van der Waals surface area (Å²) in [6.45, 7) is 6.60. The van der Waals surface area contributed by atoms with Crippen LogP contribution in [-0.2, 0) is 0 Å². The highest BCUT2D eigenvalue weighted by molar-refractivity contribution is 4.61. The van der Waals surface area contributed by atoms with E-state index in [0.29, 0.717) is 0 Å². The molecule has 0 aliphatic heterocycles. The lowest BCUT2D eigenvalue weighted by Gasteiger charge is -2.28. The van der Waals surface area contributed by atoms with Gasteiger partial charge in [0.05, 0.1) is 6.17 Å². The van der Waals surface area contributed by atoms with Crippen molar-refractivity contribution >= 4 is 0 Å². The normalized spacial score (nSPS) is 17.4. The van der Waals surface area contributed by atoms with Crippen molar-refractivity contribution in [2.24, 2.45) is 5.73 Å². The number of rotatable bonds is 4. The third-order valence-corrected chi connectivity index (χ3v) is 1.64. The highest BCUT2D eigenvalue weighted by Crippen LogP contribution is 2.01. The lowest BCUT2D eigenvalue weighted by Crippen LogP contribution is -2.45. The van der Waals surface area contributed by atoms with Gasteiger partial charge in [0.25, 0.3) is 0 Å². The van der Waals surface area contributed by atoms with Crippen LogP contribution < -0.4 is 5.73 Å². The van der Waals surface area contributed by atoms with E-state index in [-0.39, 0.29) is 12.4 Å². The molecule has 0 rings (SSSR count). The van der Waals surface area contributed by atoms with E-state index in [1.807, 2.05) is 25.7 Å². The van der Waals surface area contributed by atoms with Gasteiger partial charge in [-0.25, -0.2) is 0 Å². The van der Waals surface area contributed by atoms with Crippen LogP contribution in [-0.4, -0.2) is 28.9 Å². The van der Waals surface area contributed by atoms with Crippen molar-refractivity contribution in [3.63, 3.8) is 0 Å². The minimum absolute atomic E-state index is 0.0556. The van der Waals surface area contributed by atoms with E-state index >= 15 is 0 Å². The first-order valence-corrected chi connectivity index (χ1v) is 3.82. The average molecular weight is 146 g/mol. The Labute approximate surface area is 62.8 Å². The van der Waals surface area contributed by atoms with Crippen LogP contribution >= 0.6 is 0 Å². The molecule has 2 unspecified atom stereocenters. The Morgan fingerprint density at radius 2 is 2.00 bits per heavy atom. The second-order valence-electron chi connectivity index (χ2n) is 2.46. The second-order valence-corrected chi connectivity index (χ2v) is 2.46. The van der Waals surface area contributed by atoms with E-state index < -0.39 is 0 Å². The summed E-state index contributed by atoms with van der Waals surface area (Å²) in [7, 11) is 0. The van der Waals surface area contributed by atoms with Gasteiger partial charge in [0.2, 0.25) is 0 Å². The highest BCUT2D eigenvalue weighted by Gasteiger charge is 2.14. The molecule has 0 radical (unpaired) electrons. The SMILES string of the molecule is CCC(O)N(CC)C(C)N. The number of aliphatic hydroxyl groups is 1. The molecule has 0 bridgehead atoms. The third-order valence-electron chi connectivity index (χ3n) is 1.64. The summed E-state index contributed by atoms with van der Waals surface area (Å²) in [6.07, 6.45) is 0.292. The van der Waals surface area contributed by atoms with Crippen molar-refractivity contribution in [2.75, 3.05) is 6.54 Å². The molecule has 0 aliphatic rings.